The molecule has 0 bridgehead atoms. The lowest BCUT2D eigenvalue weighted by molar-refractivity contribution is 0.166. The molecule has 0 saturated carbocycles. The van der Waals surface area contributed by atoms with Crippen molar-refractivity contribution in [3.05, 3.63) is 24.0 Å². The van der Waals surface area contributed by atoms with Crippen LogP contribution in [0, 0.1) is 0 Å². The van der Waals surface area contributed by atoms with Gasteiger partial charge < -0.3 is 14.6 Å². The molecule has 1 atom stereocenters. The van der Waals surface area contributed by atoms with E-state index in [0.717, 1.165) is 31.5 Å². The number of aliphatic hydroxyl groups excluding tert-OH is 1. The molecule has 1 aromatic rings. The van der Waals surface area contributed by atoms with Crippen LogP contribution in [-0.4, -0.2) is 34.2 Å². The quantitative estimate of drug-likeness (QED) is 0.821. The van der Waals surface area contributed by atoms with Gasteiger partial charge in [-0.05, 0) is 44.0 Å². The summed E-state index contributed by atoms with van der Waals surface area (Å²) in [4.78, 5) is 2.52. The smallest absolute Gasteiger partial charge is 0.0804 e. The molecule has 0 aromatic carbocycles. The van der Waals surface area contributed by atoms with E-state index in [1.807, 2.05) is 6.07 Å². The van der Waals surface area contributed by atoms with Gasteiger partial charge in [-0.1, -0.05) is 13.3 Å². The van der Waals surface area contributed by atoms with E-state index in [4.69, 9.17) is 0 Å². The maximum absolute atomic E-state index is 9.89. The van der Waals surface area contributed by atoms with Gasteiger partial charge in [-0.15, -0.1) is 0 Å². The monoisotopic (exact) mass is 236 g/mol. The van der Waals surface area contributed by atoms with Gasteiger partial charge in [-0.3, -0.25) is 0 Å². The largest absolute Gasteiger partial charge is 0.388 e. The van der Waals surface area contributed by atoms with Crippen molar-refractivity contribution < 1.29 is 5.11 Å². The molecule has 1 saturated heterocycles. The molecule has 0 spiro atoms. The third kappa shape index (κ3) is 3.58. The van der Waals surface area contributed by atoms with Crippen LogP contribution >= 0.6 is 0 Å². The van der Waals surface area contributed by atoms with Gasteiger partial charge in [0, 0.05) is 25.5 Å². The predicted octanol–water partition coefficient (Wildman–Crippen LogP) is 2.42. The Morgan fingerprint density at radius 3 is 2.76 bits per heavy atom. The van der Waals surface area contributed by atoms with Crippen LogP contribution in [0.15, 0.2) is 18.5 Å². The first kappa shape index (κ1) is 12.7. The van der Waals surface area contributed by atoms with Crippen LogP contribution in [0.1, 0.15) is 44.3 Å². The van der Waals surface area contributed by atoms with Crippen molar-refractivity contribution >= 4 is 0 Å². The van der Waals surface area contributed by atoms with Gasteiger partial charge in [0.1, 0.15) is 0 Å². The standard InChI is InChI=1S/C14H24N2O/c1-2-5-14(17)13-6-9-16(12-13)11-10-15-7-3-4-8-15/h6,9,12,14,17H,2-5,7-8,10-11H2,1H3. The zero-order valence-electron chi connectivity index (χ0n) is 10.8. The van der Waals surface area contributed by atoms with Gasteiger partial charge in [0.25, 0.3) is 0 Å². The fourth-order valence-corrected chi connectivity index (χ4v) is 2.50. The van der Waals surface area contributed by atoms with Crippen molar-refractivity contribution in [2.45, 2.75) is 45.3 Å². The Kier molecular flexibility index (Phi) is 4.63. The molecule has 2 heterocycles. The highest BCUT2D eigenvalue weighted by atomic mass is 16.3. The van der Waals surface area contributed by atoms with Gasteiger partial charge in [-0.2, -0.15) is 0 Å². The van der Waals surface area contributed by atoms with Crippen LogP contribution in [0.4, 0.5) is 0 Å². The van der Waals surface area contributed by atoms with Crippen molar-refractivity contribution in [1.29, 1.82) is 0 Å². The third-order valence-corrected chi connectivity index (χ3v) is 3.59. The SMILES string of the molecule is CCCC(O)c1ccn(CCN2CCCC2)c1. The van der Waals surface area contributed by atoms with Crippen molar-refractivity contribution in [2.24, 2.45) is 0 Å². The average molecular weight is 236 g/mol. The lowest BCUT2D eigenvalue weighted by atomic mass is 10.1. The van der Waals surface area contributed by atoms with Crippen LogP contribution in [0.2, 0.25) is 0 Å². The van der Waals surface area contributed by atoms with Crippen LogP contribution in [0.5, 0.6) is 0 Å². The summed E-state index contributed by atoms with van der Waals surface area (Å²) in [6.07, 6.45) is 8.49. The van der Waals surface area contributed by atoms with Gasteiger partial charge in [0.2, 0.25) is 0 Å². The summed E-state index contributed by atoms with van der Waals surface area (Å²) in [5.74, 6) is 0. The maximum Gasteiger partial charge on any atom is 0.0804 e. The molecule has 1 unspecified atom stereocenters. The van der Waals surface area contributed by atoms with Crippen molar-refractivity contribution in [3.63, 3.8) is 0 Å². The molecular weight excluding hydrogens is 212 g/mol. The highest BCUT2D eigenvalue weighted by molar-refractivity contribution is 5.13. The van der Waals surface area contributed by atoms with Gasteiger partial charge >= 0.3 is 0 Å². The van der Waals surface area contributed by atoms with E-state index in [1.165, 1.54) is 25.9 Å². The molecule has 1 aliphatic heterocycles. The number of rotatable bonds is 6. The van der Waals surface area contributed by atoms with E-state index in [2.05, 4.69) is 28.8 Å². The normalized spacial score (nSPS) is 18.7. The van der Waals surface area contributed by atoms with Gasteiger partial charge in [-0.25, -0.2) is 0 Å². The highest BCUT2D eigenvalue weighted by Crippen LogP contribution is 2.18. The Balaban J connectivity index is 1.80. The Bertz CT molecular complexity index is 329. The molecule has 0 radical (unpaired) electrons. The molecule has 3 heteroatoms. The molecule has 2 rings (SSSR count). The summed E-state index contributed by atoms with van der Waals surface area (Å²) in [6.45, 7) is 6.80. The Labute approximate surface area is 104 Å². The summed E-state index contributed by atoms with van der Waals surface area (Å²) in [5, 5.41) is 9.89. The predicted molar refractivity (Wildman–Crippen MR) is 70.0 cm³/mol. The Hall–Kier alpha value is -0.800. The molecular formula is C14H24N2O. The Morgan fingerprint density at radius 2 is 2.06 bits per heavy atom. The number of aromatic nitrogens is 1. The molecule has 1 N–H and O–H groups in total. The van der Waals surface area contributed by atoms with Crippen LogP contribution in [-0.2, 0) is 6.54 Å². The molecule has 1 aromatic heterocycles. The molecule has 3 nitrogen and oxygen atoms in total. The summed E-state index contributed by atoms with van der Waals surface area (Å²) in [5.41, 5.74) is 1.06. The first-order chi connectivity index (χ1) is 8.29. The van der Waals surface area contributed by atoms with Crippen LogP contribution < -0.4 is 0 Å². The third-order valence-electron chi connectivity index (χ3n) is 3.59. The number of likely N-dealkylation sites (tertiary alicyclic amines) is 1. The van der Waals surface area contributed by atoms with E-state index in [1.54, 1.807) is 0 Å². The average Bonchev–Trinajstić information content (AvgIpc) is 2.98. The van der Waals surface area contributed by atoms with Gasteiger partial charge in [0.05, 0.1) is 6.10 Å². The van der Waals surface area contributed by atoms with E-state index in [9.17, 15) is 5.11 Å². The number of hydrogen-bond acceptors (Lipinski definition) is 2. The minimum Gasteiger partial charge on any atom is -0.388 e. The Morgan fingerprint density at radius 1 is 1.29 bits per heavy atom. The zero-order chi connectivity index (χ0) is 12.1. The molecule has 0 amide bonds. The number of nitrogens with zero attached hydrogens (tertiary/aromatic N) is 2. The van der Waals surface area contributed by atoms with Crippen molar-refractivity contribution in [3.8, 4) is 0 Å². The molecule has 96 valence electrons. The van der Waals surface area contributed by atoms with E-state index >= 15 is 0 Å². The summed E-state index contributed by atoms with van der Waals surface area (Å²) < 4.78 is 2.20. The second-order valence-corrected chi connectivity index (χ2v) is 5.04. The molecule has 1 aliphatic rings. The van der Waals surface area contributed by atoms with E-state index in [0.29, 0.717) is 0 Å². The maximum atomic E-state index is 9.89. The minimum absolute atomic E-state index is 0.284. The second-order valence-electron chi connectivity index (χ2n) is 5.04. The van der Waals surface area contributed by atoms with Crippen LogP contribution in [0.3, 0.4) is 0 Å². The molecule has 1 fully saturated rings. The fraction of sp³-hybridized carbons (Fsp3) is 0.714. The topological polar surface area (TPSA) is 28.4 Å². The summed E-state index contributed by atoms with van der Waals surface area (Å²) in [7, 11) is 0. The van der Waals surface area contributed by atoms with Crippen LogP contribution in [0.25, 0.3) is 0 Å². The highest BCUT2D eigenvalue weighted by Gasteiger charge is 2.11. The molecule has 17 heavy (non-hydrogen) atoms. The first-order valence-electron chi connectivity index (χ1n) is 6.85. The van der Waals surface area contributed by atoms with Gasteiger partial charge in [0.15, 0.2) is 0 Å². The first-order valence-corrected chi connectivity index (χ1v) is 6.85. The zero-order valence-corrected chi connectivity index (χ0v) is 10.8. The van der Waals surface area contributed by atoms with E-state index in [-0.39, 0.29) is 6.10 Å². The lowest BCUT2D eigenvalue weighted by Gasteiger charge is -2.14. The van der Waals surface area contributed by atoms with Crippen molar-refractivity contribution in [2.75, 3.05) is 19.6 Å². The summed E-state index contributed by atoms with van der Waals surface area (Å²) in [6, 6.07) is 2.05. The second kappa shape index (κ2) is 6.22. The van der Waals surface area contributed by atoms with Crippen molar-refractivity contribution in [1.82, 2.24) is 9.47 Å². The minimum atomic E-state index is -0.284. The number of hydrogen-bond donors (Lipinski definition) is 1. The molecule has 0 aliphatic carbocycles. The lowest BCUT2D eigenvalue weighted by Crippen LogP contribution is -2.23. The van der Waals surface area contributed by atoms with E-state index < -0.39 is 0 Å². The fourth-order valence-electron chi connectivity index (χ4n) is 2.50. The number of aliphatic hydroxyl groups is 1. The summed E-state index contributed by atoms with van der Waals surface area (Å²) >= 11 is 0.